The van der Waals surface area contributed by atoms with E-state index in [9.17, 15) is 18.0 Å². The van der Waals surface area contributed by atoms with E-state index in [1.807, 2.05) is 6.92 Å². The van der Waals surface area contributed by atoms with Crippen molar-refractivity contribution in [2.24, 2.45) is 0 Å². The molecule has 7 nitrogen and oxygen atoms in total. The van der Waals surface area contributed by atoms with E-state index >= 15 is 0 Å². The van der Waals surface area contributed by atoms with Gasteiger partial charge in [0, 0.05) is 17.3 Å². The Balaban J connectivity index is 1.75. The number of carbonyl (C=O) groups excluding carboxylic acids is 2. The van der Waals surface area contributed by atoms with Crippen molar-refractivity contribution in [2.75, 3.05) is 18.5 Å². The van der Waals surface area contributed by atoms with Crippen molar-refractivity contribution < 1.29 is 22.7 Å². The molecule has 0 fully saturated rings. The molecular formula is C19H21ClN2O5S. The topological polar surface area (TPSA) is 102 Å². The fourth-order valence-corrected chi connectivity index (χ4v) is 3.52. The Kier molecular flexibility index (Phi) is 7.56. The largest absolute Gasteiger partial charge is 0.456 e. The molecule has 0 unspecified atom stereocenters. The van der Waals surface area contributed by atoms with Crippen LogP contribution in [-0.4, -0.2) is 33.4 Å². The van der Waals surface area contributed by atoms with Gasteiger partial charge in [0.2, 0.25) is 10.0 Å². The number of esters is 1. The predicted molar refractivity (Wildman–Crippen MR) is 107 cm³/mol. The minimum atomic E-state index is -3.70. The number of halogens is 1. The quantitative estimate of drug-likeness (QED) is 0.634. The SMILES string of the molecule is Cc1ccc(S(=O)(=O)NCCC(=O)OCC(=O)Nc2ccc(Cl)cc2C)cc1. The fourth-order valence-electron chi connectivity index (χ4n) is 2.26. The zero-order valence-electron chi connectivity index (χ0n) is 15.5. The highest BCUT2D eigenvalue weighted by Crippen LogP contribution is 2.19. The van der Waals surface area contributed by atoms with Crippen LogP contribution >= 0.6 is 11.6 Å². The lowest BCUT2D eigenvalue weighted by Crippen LogP contribution is -2.28. The van der Waals surface area contributed by atoms with E-state index in [-0.39, 0.29) is 17.9 Å². The number of ether oxygens (including phenoxy) is 1. The average molecular weight is 425 g/mol. The van der Waals surface area contributed by atoms with Crippen molar-refractivity contribution in [3.63, 3.8) is 0 Å². The third kappa shape index (κ3) is 6.63. The van der Waals surface area contributed by atoms with Crippen LogP contribution in [0, 0.1) is 13.8 Å². The second-order valence-corrected chi connectivity index (χ2v) is 8.33. The van der Waals surface area contributed by atoms with Crippen LogP contribution in [0.3, 0.4) is 0 Å². The third-order valence-corrected chi connectivity index (χ3v) is 5.49. The van der Waals surface area contributed by atoms with Gasteiger partial charge in [0.25, 0.3) is 5.91 Å². The monoisotopic (exact) mass is 424 g/mol. The maximum atomic E-state index is 12.1. The molecule has 28 heavy (non-hydrogen) atoms. The van der Waals surface area contributed by atoms with Gasteiger partial charge in [0.1, 0.15) is 0 Å². The number of aryl methyl sites for hydroxylation is 2. The van der Waals surface area contributed by atoms with E-state index in [4.69, 9.17) is 16.3 Å². The molecule has 0 spiro atoms. The molecule has 0 aromatic heterocycles. The van der Waals surface area contributed by atoms with Crippen LogP contribution in [0.2, 0.25) is 5.02 Å². The number of hydrogen-bond donors (Lipinski definition) is 2. The van der Waals surface area contributed by atoms with Crippen LogP contribution in [0.5, 0.6) is 0 Å². The smallest absolute Gasteiger partial charge is 0.307 e. The number of nitrogens with one attached hydrogen (secondary N) is 2. The van der Waals surface area contributed by atoms with Crippen molar-refractivity contribution in [3.8, 4) is 0 Å². The molecule has 0 aliphatic heterocycles. The van der Waals surface area contributed by atoms with Gasteiger partial charge >= 0.3 is 5.97 Å². The first-order chi connectivity index (χ1) is 13.2. The molecule has 2 N–H and O–H groups in total. The maximum Gasteiger partial charge on any atom is 0.307 e. The van der Waals surface area contributed by atoms with Gasteiger partial charge in [-0.25, -0.2) is 13.1 Å². The normalized spacial score (nSPS) is 11.1. The number of rotatable bonds is 8. The minimum Gasteiger partial charge on any atom is -0.456 e. The Morgan fingerprint density at radius 1 is 1.07 bits per heavy atom. The summed E-state index contributed by atoms with van der Waals surface area (Å²) < 4.78 is 31.4. The number of hydrogen-bond acceptors (Lipinski definition) is 5. The number of anilines is 1. The number of carbonyl (C=O) groups is 2. The molecule has 0 saturated carbocycles. The van der Waals surface area contributed by atoms with Gasteiger partial charge < -0.3 is 10.1 Å². The first-order valence-electron chi connectivity index (χ1n) is 8.45. The summed E-state index contributed by atoms with van der Waals surface area (Å²) in [6.45, 7) is 3.04. The summed E-state index contributed by atoms with van der Waals surface area (Å²) in [5.74, 6) is -1.19. The molecule has 0 saturated heterocycles. The zero-order valence-corrected chi connectivity index (χ0v) is 17.1. The highest BCUT2D eigenvalue weighted by Gasteiger charge is 2.15. The van der Waals surface area contributed by atoms with Gasteiger partial charge in [-0.1, -0.05) is 29.3 Å². The summed E-state index contributed by atoms with van der Waals surface area (Å²) in [7, 11) is -3.70. The Bertz CT molecular complexity index is 959. The molecule has 0 bridgehead atoms. The molecule has 0 radical (unpaired) electrons. The summed E-state index contributed by atoms with van der Waals surface area (Å²) in [6, 6.07) is 11.3. The zero-order chi connectivity index (χ0) is 20.7. The van der Waals surface area contributed by atoms with Gasteiger partial charge in [-0.2, -0.15) is 0 Å². The van der Waals surface area contributed by atoms with Crippen LogP contribution in [-0.2, 0) is 24.3 Å². The van der Waals surface area contributed by atoms with E-state index in [2.05, 4.69) is 10.0 Å². The lowest BCUT2D eigenvalue weighted by molar-refractivity contribution is -0.147. The van der Waals surface area contributed by atoms with E-state index in [1.54, 1.807) is 37.3 Å². The van der Waals surface area contributed by atoms with Crippen molar-refractivity contribution in [2.45, 2.75) is 25.2 Å². The summed E-state index contributed by atoms with van der Waals surface area (Å²) in [5, 5.41) is 3.16. The third-order valence-electron chi connectivity index (χ3n) is 3.78. The lowest BCUT2D eigenvalue weighted by atomic mass is 10.2. The van der Waals surface area contributed by atoms with Crippen LogP contribution in [0.1, 0.15) is 17.5 Å². The Labute approximate surface area is 169 Å². The van der Waals surface area contributed by atoms with Crippen LogP contribution in [0.15, 0.2) is 47.4 Å². The number of amides is 1. The Morgan fingerprint density at radius 3 is 2.39 bits per heavy atom. The van der Waals surface area contributed by atoms with Crippen molar-refractivity contribution >= 4 is 39.2 Å². The van der Waals surface area contributed by atoms with Gasteiger partial charge in [0.15, 0.2) is 6.61 Å². The maximum absolute atomic E-state index is 12.1. The van der Waals surface area contributed by atoms with Crippen molar-refractivity contribution in [1.82, 2.24) is 4.72 Å². The average Bonchev–Trinajstić information content (AvgIpc) is 2.62. The molecule has 0 aliphatic rings. The molecular weight excluding hydrogens is 404 g/mol. The Morgan fingerprint density at radius 2 is 1.75 bits per heavy atom. The Hall–Kier alpha value is -2.42. The van der Waals surface area contributed by atoms with Crippen molar-refractivity contribution in [1.29, 1.82) is 0 Å². The summed E-state index contributed by atoms with van der Waals surface area (Å²) >= 11 is 5.85. The molecule has 0 atom stereocenters. The molecule has 0 heterocycles. The lowest BCUT2D eigenvalue weighted by Gasteiger charge is -2.10. The first kappa shape index (κ1) is 21.9. The van der Waals surface area contributed by atoms with Gasteiger partial charge in [-0.3, -0.25) is 9.59 Å². The van der Waals surface area contributed by atoms with Crippen LogP contribution in [0.25, 0.3) is 0 Å². The second kappa shape index (κ2) is 9.68. The number of sulfonamides is 1. The summed E-state index contributed by atoms with van der Waals surface area (Å²) in [6.07, 6.45) is -0.196. The fraction of sp³-hybridized carbons (Fsp3) is 0.263. The van der Waals surface area contributed by atoms with Crippen molar-refractivity contribution in [3.05, 3.63) is 58.6 Å². The predicted octanol–water partition coefficient (Wildman–Crippen LogP) is 2.81. The van der Waals surface area contributed by atoms with E-state index in [1.165, 1.54) is 12.1 Å². The molecule has 9 heteroatoms. The van der Waals surface area contributed by atoms with Gasteiger partial charge in [-0.15, -0.1) is 0 Å². The minimum absolute atomic E-state index is 0.115. The molecule has 2 rings (SSSR count). The molecule has 0 aliphatic carbocycles. The standard InChI is InChI=1S/C19H21ClN2O5S/c1-13-3-6-16(7-4-13)28(25,26)21-10-9-19(24)27-12-18(23)22-17-8-5-15(20)11-14(17)2/h3-8,11,21H,9-10,12H2,1-2H3,(H,22,23). The van der Waals surface area contributed by atoms with E-state index in [0.29, 0.717) is 10.7 Å². The van der Waals surface area contributed by atoms with E-state index in [0.717, 1.165) is 11.1 Å². The highest BCUT2D eigenvalue weighted by atomic mass is 35.5. The molecule has 1 amide bonds. The number of benzene rings is 2. The summed E-state index contributed by atoms with van der Waals surface area (Å²) in [4.78, 5) is 23.7. The molecule has 150 valence electrons. The highest BCUT2D eigenvalue weighted by molar-refractivity contribution is 7.89. The van der Waals surface area contributed by atoms with Gasteiger partial charge in [-0.05, 0) is 49.7 Å². The van der Waals surface area contributed by atoms with Crippen LogP contribution < -0.4 is 10.0 Å². The van der Waals surface area contributed by atoms with Gasteiger partial charge in [0.05, 0.1) is 11.3 Å². The first-order valence-corrected chi connectivity index (χ1v) is 10.3. The second-order valence-electron chi connectivity index (χ2n) is 6.13. The van der Waals surface area contributed by atoms with E-state index < -0.39 is 28.5 Å². The summed E-state index contributed by atoms with van der Waals surface area (Å²) in [5.41, 5.74) is 2.28. The van der Waals surface area contributed by atoms with Crippen LogP contribution in [0.4, 0.5) is 5.69 Å². The molecule has 2 aromatic rings. The molecule has 2 aromatic carbocycles.